The van der Waals surface area contributed by atoms with Gasteiger partial charge in [-0.3, -0.25) is 0 Å². The van der Waals surface area contributed by atoms with Crippen LogP contribution in [0.2, 0.25) is 0 Å². The van der Waals surface area contributed by atoms with Crippen molar-refractivity contribution in [1.82, 2.24) is 0 Å². The number of phenols is 4. The summed E-state index contributed by atoms with van der Waals surface area (Å²) in [4.78, 5) is 0. The standard InChI is InChI=1S/C15H16O2.C12H10O2/c1-2-15(11-3-7-13(16)8-4-11)12-5-9-14(17)10-6-12;13-11-5-1-9(2-6-11)10-3-7-12(14)8-4-10/h3-10,15-17H,2H2,1H3;1-8,13-14H. The van der Waals surface area contributed by atoms with Crippen molar-refractivity contribution in [3.63, 3.8) is 0 Å². The molecular formula is C27H26O4. The molecule has 0 saturated carbocycles. The van der Waals surface area contributed by atoms with Gasteiger partial charge in [-0.2, -0.15) is 0 Å². The van der Waals surface area contributed by atoms with Crippen LogP contribution < -0.4 is 0 Å². The Morgan fingerprint density at radius 2 is 0.710 bits per heavy atom. The molecule has 4 rings (SSSR count). The van der Waals surface area contributed by atoms with Gasteiger partial charge >= 0.3 is 0 Å². The number of phenolic OH excluding ortho intramolecular Hbond substituents is 4. The average Bonchev–Trinajstić information content (AvgIpc) is 2.78. The van der Waals surface area contributed by atoms with Crippen LogP contribution in [0.5, 0.6) is 23.0 Å². The summed E-state index contributed by atoms with van der Waals surface area (Å²) >= 11 is 0. The molecule has 158 valence electrons. The number of hydrogen-bond donors (Lipinski definition) is 4. The molecule has 0 unspecified atom stereocenters. The minimum absolute atomic E-state index is 0.257. The fourth-order valence-corrected chi connectivity index (χ4v) is 3.38. The summed E-state index contributed by atoms with van der Waals surface area (Å²) in [6.07, 6.45) is 0.982. The van der Waals surface area contributed by atoms with Crippen molar-refractivity contribution < 1.29 is 20.4 Å². The lowest BCUT2D eigenvalue weighted by Gasteiger charge is -2.16. The van der Waals surface area contributed by atoms with Gasteiger partial charge in [-0.1, -0.05) is 55.5 Å². The first-order valence-corrected chi connectivity index (χ1v) is 10.1. The third-order valence-electron chi connectivity index (χ3n) is 5.07. The molecular weight excluding hydrogens is 388 g/mol. The van der Waals surface area contributed by atoms with E-state index in [2.05, 4.69) is 6.92 Å². The fourth-order valence-electron chi connectivity index (χ4n) is 3.38. The van der Waals surface area contributed by atoms with Gasteiger partial charge in [-0.25, -0.2) is 0 Å². The Balaban J connectivity index is 0.000000179. The lowest BCUT2D eigenvalue weighted by molar-refractivity contribution is 0.474. The van der Waals surface area contributed by atoms with Gasteiger partial charge in [0.15, 0.2) is 0 Å². The third-order valence-corrected chi connectivity index (χ3v) is 5.07. The summed E-state index contributed by atoms with van der Waals surface area (Å²) in [5.74, 6) is 1.39. The second kappa shape index (κ2) is 10.2. The molecule has 4 aromatic rings. The zero-order chi connectivity index (χ0) is 22.2. The molecule has 4 N–H and O–H groups in total. The van der Waals surface area contributed by atoms with Crippen molar-refractivity contribution in [3.8, 4) is 34.1 Å². The highest BCUT2D eigenvalue weighted by Gasteiger charge is 2.11. The van der Waals surface area contributed by atoms with E-state index in [4.69, 9.17) is 10.2 Å². The molecule has 4 heteroatoms. The topological polar surface area (TPSA) is 80.9 Å². The quantitative estimate of drug-likeness (QED) is 0.311. The number of benzene rings is 4. The summed E-state index contributed by atoms with van der Waals surface area (Å²) in [5, 5.41) is 36.8. The number of aromatic hydroxyl groups is 4. The van der Waals surface area contributed by atoms with E-state index in [1.807, 2.05) is 48.5 Å². The molecule has 4 nitrogen and oxygen atoms in total. The fraction of sp³-hybridized carbons (Fsp3) is 0.111. The molecule has 0 amide bonds. The molecule has 0 atom stereocenters. The Labute approximate surface area is 182 Å². The summed E-state index contributed by atoms with van der Waals surface area (Å²) in [5.41, 5.74) is 4.39. The predicted molar refractivity (Wildman–Crippen MR) is 124 cm³/mol. The number of hydrogen-bond acceptors (Lipinski definition) is 4. The van der Waals surface area contributed by atoms with Crippen molar-refractivity contribution >= 4 is 0 Å². The van der Waals surface area contributed by atoms with E-state index >= 15 is 0 Å². The monoisotopic (exact) mass is 414 g/mol. The lowest BCUT2D eigenvalue weighted by atomic mass is 9.89. The van der Waals surface area contributed by atoms with Crippen LogP contribution >= 0.6 is 0 Å². The van der Waals surface area contributed by atoms with Crippen molar-refractivity contribution in [2.24, 2.45) is 0 Å². The molecule has 4 aromatic carbocycles. The van der Waals surface area contributed by atoms with Gasteiger partial charge in [0, 0.05) is 5.92 Å². The van der Waals surface area contributed by atoms with Gasteiger partial charge in [0.1, 0.15) is 23.0 Å². The van der Waals surface area contributed by atoms with E-state index in [0.29, 0.717) is 5.92 Å². The normalized spacial score (nSPS) is 10.4. The first-order valence-electron chi connectivity index (χ1n) is 10.1. The zero-order valence-corrected chi connectivity index (χ0v) is 17.3. The van der Waals surface area contributed by atoms with E-state index < -0.39 is 0 Å². The average molecular weight is 415 g/mol. The first kappa shape index (κ1) is 21.8. The minimum Gasteiger partial charge on any atom is -0.508 e. The van der Waals surface area contributed by atoms with Gasteiger partial charge in [0.2, 0.25) is 0 Å². The Morgan fingerprint density at radius 3 is 0.968 bits per heavy atom. The van der Waals surface area contributed by atoms with Crippen LogP contribution in [0, 0.1) is 0 Å². The van der Waals surface area contributed by atoms with Crippen molar-refractivity contribution in [2.45, 2.75) is 19.3 Å². The van der Waals surface area contributed by atoms with E-state index in [9.17, 15) is 10.2 Å². The predicted octanol–water partition coefficient (Wildman–Crippen LogP) is 6.40. The largest absolute Gasteiger partial charge is 0.508 e. The van der Waals surface area contributed by atoms with Crippen molar-refractivity contribution in [3.05, 3.63) is 108 Å². The van der Waals surface area contributed by atoms with Gasteiger partial charge in [0.25, 0.3) is 0 Å². The Hall–Kier alpha value is -3.92. The van der Waals surface area contributed by atoms with Gasteiger partial charge in [0.05, 0.1) is 0 Å². The zero-order valence-electron chi connectivity index (χ0n) is 17.3. The van der Waals surface area contributed by atoms with Crippen LogP contribution in [0.4, 0.5) is 0 Å². The molecule has 0 aliphatic heterocycles. The second-order valence-corrected chi connectivity index (χ2v) is 7.24. The SMILES string of the molecule is CCC(c1ccc(O)cc1)c1ccc(O)cc1.Oc1ccc(-c2ccc(O)cc2)cc1. The Kier molecular flexibility index (Phi) is 7.17. The molecule has 0 aliphatic rings. The van der Waals surface area contributed by atoms with Crippen LogP contribution in [0.15, 0.2) is 97.1 Å². The lowest BCUT2D eigenvalue weighted by Crippen LogP contribution is -1.98. The molecule has 0 heterocycles. The van der Waals surface area contributed by atoms with Crippen LogP contribution in [0.1, 0.15) is 30.4 Å². The van der Waals surface area contributed by atoms with Gasteiger partial charge in [-0.05, 0) is 77.2 Å². The van der Waals surface area contributed by atoms with E-state index in [1.54, 1.807) is 48.5 Å². The van der Waals surface area contributed by atoms with Gasteiger partial charge in [-0.15, -0.1) is 0 Å². The molecule has 0 radical (unpaired) electrons. The van der Waals surface area contributed by atoms with E-state index in [1.165, 1.54) is 11.1 Å². The maximum Gasteiger partial charge on any atom is 0.115 e. The smallest absolute Gasteiger partial charge is 0.115 e. The van der Waals surface area contributed by atoms with E-state index in [0.717, 1.165) is 17.5 Å². The van der Waals surface area contributed by atoms with Gasteiger partial charge < -0.3 is 20.4 Å². The molecule has 0 spiro atoms. The minimum atomic E-state index is 0.257. The molecule has 0 aliphatic carbocycles. The molecule has 31 heavy (non-hydrogen) atoms. The first-order chi connectivity index (χ1) is 15.0. The Morgan fingerprint density at radius 1 is 0.452 bits per heavy atom. The van der Waals surface area contributed by atoms with Crippen LogP contribution in [0.25, 0.3) is 11.1 Å². The summed E-state index contributed by atoms with van der Waals surface area (Å²) < 4.78 is 0. The molecule has 0 saturated heterocycles. The highest BCUT2D eigenvalue weighted by Crippen LogP contribution is 2.29. The molecule has 0 aromatic heterocycles. The summed E-state index contributed by atoms with van der Waals surface area (Å²) in [6.45, 7) is 2.13. The maximum absolute atomic E-state index is 9.29. The summed E-state index contributed by atoms with van der Waals surface area (Å²) in [7, 11) is 0. The van der Waals surface area contributed by atoms with E-state index in [-0.39, 0.29) is 23.0 Å². The van der Waals surface area contributed by atoms with Crippen LogP contribution in [-0.2, 0) is 0 Å². The molecule has 0 bridgehead atoms. The summed E-state index contributed by atoms with van der Waals surface area (Å²) in [6, 6.07) is 28.5. The maximum atomic E-state index is 9.29. The highest BCUT2D eigenvalue weighted by atomic mass is 16.3. The van der Waals surface area contributed by atoms with Crippen molar-refractivity contribution in [1.29, 1.82) is 0 Å². The Bertz CT molecular complexity index is 979. The van der Waals surface area contributed by atoms with Crippen LogP contribution in [-0.4, -0.2) is 20.4 Å². The number of rotatable bonds is 4. The second-order valence-electron chi connectivity index (χ2n) is 7.24. The van der Waals surface area contributed by atoms with Crippen LogP contribution in [0.3, 0.4) is 0 Å². The van der Waals surface area contributed by atoms with Crippen molar-refractivity contribution in [2.75, 3.05) is 0 Å². The molecule has 0 fully saturated rings. The third kappa shape index (κ3) is 6.03. The highest BCUT2D eigenvalue weighted by molar-refractivity contribution is 5.64.